The number of hydrogen-bond donors (Lipinski definition) is 1. The second-order valence-corrected chi connectivity index (χ2v) is 3.56. The summed E-state index contributed by atoms with van der Waals surface area (Å²) >= 11 is 0. The molecule has 0 amide bonds. The molecule has 2 aliphatic carbocycles. The highest BCUT2D eigenvalue weighted by atomic mass is 16.3. The number of fused-ring (bicyclic) bond motifs is 2. The van der Waals surface area contributed by atoms with Gasteiger partial charge in [-0.05, 0) is 37.5 Å². The minimum atomic E-state index is 0.00111. The van der Waals surface area contributed by atoms with E-state index in [-0.39, 0.29) is 6.10 Å². The van der Waals surface area contributed by atoms with Crippen LogP contribution in [-0.2, 0) is 0 Å². The average Bonchev–Trinajstić information content (AvgIpc) is 1.99. The van der Waals surface area contributed by atoms with Crippen molar-refractivity contribution in [3.63, 3.8) is 0 Å². The molecular weight excluding hydrogens is 124 g/mol. The van der Waals surface area contributed by atoms with Gasteiger partial charge in [0.25, 0.3) is 0 Å². The summed E-state index contributed by atoms with van der Waals surface area (Å²) in [4.78, 5) is 0. The molecule has 0 aromatic rings. The first-order chi connectivity index (χ1) is 4.86. The number of rotatable bonds is 0. The lowest BCUT2D eigenvalue weighted by Gasteiger charge is -2.34. The molecule has 1 N–H and O–H groups in total. The van der Waals surface area contributed by atoms with Gasteiger partial charge in [-0.25, -0.2) is 0 Å². The summed E-state index contributed by atoms with van der Waals surface area (Å²) in [6.45, 7) is 0. The van der Waals surface area contributed by atoms with Gasteiger partial charge in [-0.1, -0.05) is 12.2 Å². The van der Waals surface area contributed by atoms with Gasteiger partial charge < -0.3 is 5.11 Å². The van der Waals surface area contributed by atoms with Crippen molar-refractivity contribution >= 4 is 0 Å². The quantitative estimate of drug-likeness (QED) is 0.505. The standard InChI is InChI=1S/C9H14O/c10-9-5-4-7-2-1-3-8(9)6-7/h1-2,7-10H,3-6H2. The van der Waals surface area contributed by atoms with Crippen LogP contribution in [-0.4, -0.2) is 11.2 Å². The summed E-state index contributed by atoms with van der Waals surface area (Å²) in [6.07, 6.45) is 9.13. The van der Waals surface area contributed by atoms with E-state index in [0.29, 0.717) is 5.92 Å². The molecule has 0 radical (unpaired) electrons. The SMILES string of the molecule is OC1CCC2C=CCC1C2. The van der Waals surface area contributed by atoms with Crippen molar-refractivity contribution in [2.45, 2.75) is 31.8 Å². The van der Waals surface area contributed by atoms with Gasteiger partial charge in [0.1, 0.15) is 0 Å². The van der Waals surface area contributed by atoms with Crippen LogP contribution in [0.4, 0.5) is 0 Å². The second kappa shape index (κ2) is 2.39. The van der Waals surface area contributed by atoms with Gasteiger partial charge >= 0.3 is 0 Å². The summed E-state index contributed by atoms with van der Waals surface area (Å²) in [5, 5.41) is 9.49. The zero-order valence-electron chi connectivity index (χ0n) is 6.16. The fraction of sp³-hybridized carbons (Fsp3) is 0.778. The Labute approximate surface area is 61.8 Å². The molecule has 1 saturated carbocycles. The molecular formula is C9H14O. The van der Waals surface area contributed by atoms with Gasteiger partial charge in [0, 0.05) is 0 Å². The first-order valence-corrected chi connectivity index (χ1v) is 4.21. The van der Waals surface area contributed by atoms with Gasteiger partial charge in [-0.3, -0.25) is 0 Å². The highest BCUT2D eigenvalue weighted by Gasteiger charge is 2.29. The Bertz CT molecular complexity index is 151. The van der Waals surface area contributed by atoms with E-state index in [1.165, 1.54) is 12.8 Å². The van der Waals surface area contributed by atoms with Crippen LogP contribution >= 0.6 is 0 Å². The smallest absolute Gasteiger partial charge is 0.0571 e. The summed E-state index contributed by atoms with van der Waals surface area (Å²) < 4.78 is 0. The number of aliphatic hydroxyl groups excluding tert-OH is 1. The summed E-state index contributed by atoms with van der Waals surface area (Å²) in [6, 6.07) is 0. The van der Waals surface area contributed by atoms with E-state index in [1.807, 2.05) is 0 Å². The van der Waals surface area contributed by atoms with Crippen LogP contribution in [0.3, 0.4) is 0 Å². The van der Waals surface area contributed by atoms with Crippen LogP contribution < -0.4 is 0 Å². The number of hydrogen-bond acceptors (Lipinski definition) is 1. The zero-order valence-corrected chi connectivity index (χ0v) is 6.16. The lowest BCUT2D eigenvalue weighted by molar-refractivity contribution is 0.0538. The van der Waals surface area contributed by atoms with Crippen molar-refractivity contribution in [3.8, 4) is 0 Å². The van der Waals surface area contributed by atoms with E-state index in [0.717, 1.165) is 18.8 Å². The predicted molar refractivity (Wildman–Crippen MR) is 40.6 cm³/mol. The highest BCUT2D eigenvalue weighted by Crippen LogP contribution is 2.35. The van der Waals surface area contributed by atoms with Crippen LogP contribution in [0, 0.1) is 11.8 Å². The summed E-state index contributed by atoms with van der Waals surface area (Å²) in [7, 11) is 0. The van der Waals surface area contributed by atoms with Crippen LogP contribution in [0.2, 0.25) is 0 Å². The maximum absolute atomic E-state index is 9.49. The zero-order chi connectivity index (χ0) is 6.97. The molecule has 1 nitrogen and oxygen atoms in total. The maximum atomic E-state index is 9.49. The van der Waals surface area contributed by atoms with E-state index in [9.17, 15) is 5.11 Å². The molecule has 0 aromatic carbocycles. The fourth-order valence-corrected chi connectivity index (χ4v) is 2.16. The van der Waals surface area contributed by atoms with Crippen molar-refractivity contribution in [3.05, 3.63) is 12.2 Å². The molecule has 2 bridgehead atoms. The number of allylic oxidation sites excluding steroid dienone is 2. The van der Waals surface area contributed by atoms with Crippen LogP contribution in [0.1, 0.15) is 25.7 Å². The molecule has 0 heterocycles. The van der Waals surface area contributed by atoms with Crippen LogP contribution in [0.15, 0.2) is 12.2 Å². The third kappa shape index (κ3) is 0.988. The van der Waals surface area contributed by atoms with E-state index >= 15 is 0 Å². The fourth-order valence-electron chi connectivity index (χ4n) is 2.16. The summed E-state index contributed by atoms with van der Waals surface area (Å²) in [5.41, 5.74) is 0. The van der Waals surface area contributed by atoms with Gasteiger partial charge in [-0.2, -0.15) is 0 Å². The minimum Gasteiger partial charge on any atom is -0.393 e. The Morgan fingerprint density at radius 1 is 1.30 bits per heavy atom. The van der Waals surface area contributed by atoms with Gasteiger partial charge in [0.05, 0.1) is 6.10 Å². The highest BCUT2D eigenvalue weighted by molar-refractivity contribution is 5.00. The van der Waals surface area contributed by atoms with E-state index < -0.39 is 0 Å². The van der Waals surface area contributed by atoms with Crippen molar-refractivity contribution in [2.75, 3.05) is 0 Å². The Hall–Kier alpha value is -0.300. The monoisotopic (exact) mass is 138 g/mol. The van der Waals surface area contributed by atoms with E-state index in [4.69, 9.17) is 0 Å². The molecule has 0 saturated heterocycles. The predicted octanol–water partition coefficient (Wildman–Crippen LogP) is 1.72. The molecule has 0 aliphatic heterocycles. The first-order valence-electron chi connectivity index (χ1n) is 4.21. The first kappa shape index (κ1) is 6.41. The summed E-state index contributed by atoms with van der Waals surface area (Å²) in [5.74, 6) is 1.38. The van der Waals surface area contributed by atoms with Crippen molar-refractivity contribution in [2.24, 2.45) is 11.8 Å². The molecule has 0 spiro atoms. The van der Waals surface area contributed by atoms with Crippen molar-refractivity contribution < 1.29 is 5.11 Å². The average molecular weight is 138 g/mol. The Kier molecular flexibility index (Phi) is 1.53. The van der Waals surface area contributed by atoms with Crippen LogP contribution in [0.5, 0.6) is 0 Å². The number of aliphatic hydroxyl groups is 1. The van der Waals surface area contributed by atoms with E-state index in [1.54, 1.807) is 0 Å². The molecule has 56 valence electrons. The van der Waals surface area contributed by atoms with Gasteiger partial charge in [-0.15, -0.1) is 0 Å². The Morgan fingerprint density at radius 2 is 2.20 bits per heavy atom. The molecule has 10 heavy (non-hydrogen) atoms. The molecule has 1 heteroatoms. The Morgan fingerprint density at radius 3 is 3.00 bits per heavy atom. The Balaban J connectivity index is 2.11. The molecule has 2 rings (SSSR count). The van der Waals surface area contributed by atoms with Crippen molar-refractivity contribution in [1.29, 1.82) is 0 Å². The molecule has 3 unspecified atom stereocenters. The molecule has 2 aliphatic rings. The minimum absolute atomic E-state index is 0.00111. The molecule has 0 aromatic heterocycles. The van der Waals surface area contributed by atoms with E-state index in [2.05, 4.69) is 12.2 Å². The third-order valence-corrected chi connectivity index (χ3v) is 2.83. The van der Waals surface area contributed by atoms with Gasteiger partial charge in [0.15, 0.2) is 0 Å². The second-order valence-electron chi connectivity index (χ2n) is 3.56. The third-order valence-electron chi connectivity index (χ3n) is 2.83. The van der Waals surface area contributed by atoms with Crippen LogP contribution in [0.25, 0.3) is 0 Å². The van der Waals surface area contributed by atoms with Gasteiger partial charge in [0.2, 0.25) is 0 Å². The molecule has 3 atom stereocenters. The topological polar surface area (TPSA) is 20.2 Å². The lowest BCUT2D eigenvalue weighted by atomic mass is 9.74. The largest absolute Gasteiger partial charge is 0.393 e. The lowest BCUT2D eigenvalue weighted by Crippen LogP contribution is -2.30. The normalized spacial score (nSPS) is 45.5. The maximum Gasteiger partial charge on any atom is 0.0571 e. The molecule has 1 fully saturated rings. The van der Waals surface area contributed by atoms with Crippen molar-refractivity contribution in [1.82, 2.24) is 0 Å².